The Morgan fingerprint density at radius 2 is 1.70 bits per heavy atom. The zero-order valence-corrected chi connectivity index (χ0v) is 7.26. The van der Waals surface area contributed by atoms with E-state index < -0.39 is 0 Å². The molecular weight excluding hydrogens is 124 g/mol. The Kier molecular flexibility index (Phi) is 2.72. The monoisotopic (exact) mass is 142 g/mol. The second-order valence-electron chi connectivity index (χ2n) is 2.94. The lowest BCUT2D eigenvalue weighted by Gasteiger charge is -1.97. The Morgan fingerprint density at radius 3 is 2.00 bits per heavy atom. The summed E-state index contributed by atoms with van der Waals surface area (Å²) in [5, 5.41) is 0. The lowest BCUT2D eigenvalue weighted by Crippen LogP contribution is -1.95. The predicted octanol–water partition coefficient (Wildman–Crippen LogP) is 2.32. The van der Waals surface area contributed by atoms with Gasteiger partial charge in [0.15, 0.2) is 0 Å². The maximum Gasteiger partial charge on any atom is 0.0500 e. The molecule has 1 saturated heterocycles. The highest BCUT2D eigenvalue weighted by Crippen LogP contribution is 2.52. The molecule has 0 aromatic rings. The molecular formula is C9H18O. The largest absolute Gasteiger partial charge is 0.381 e. The van der Waals surface area contributed by atoms with Gasteiger partial charge in [0.2, 0.25) is 0 Å². The number of ether oxygens (including phenoxy) is 1. The van der Waals surface area contributed by atoms with E-state index in [1.165, 1.54) is 6.42 Å². The van der Waals surface area contributed by atoms with Crippen molar-refractivity contribution in [3.8, 4) is 0 Å². The van der Waals surface area contributed by atoms with Crippen molar-refractivity contribution < 1.29 is 4.74 Å². The molecule has 0 aromatic heterocycles. The highest BCUT2D eigenvalue weighted by molar-refractivity contribution is 4.99. The standard InChI is InChI=1S/C7H12O.C2H6/c1-2-5-6-3-8-4-7(5)6;1-2/h5-7H,2-4H2,1H3;1-2H3. The van der Waals surface area contributed by atoms with Crippen molar-refractivity contribution in [1.29, 1.82) is 0 Å². The van der Waals surface area contributed by atoms with Crippen LogP contribution in [0.1, 0.15) is 27.2 Å². The van der Waals surface area contributed by atoms with Crippen LogP contribution >= 0.6 is 0 Å². The van der Waals surface area contributed by atoms with Crippen LogP contribution in [0.25, 0.3) is 0 Å². The minimum Gasteiger partial charge on any atom is -0.381 e. The molecule has 0 bridgehead atoms. The second-order valence-corrected chi connectivity index (χ2v) is 2.94. The van der Waals surface area contributed by atoms with Crippen LogP contribution in [0.2, 0.25) is 0 Å². The van der Waals surface area contributed by atoms with Crippen molar-refractivity contribution in [1.82, 2.24) is 0 Å². The van der Waals surface area contributed by atoms with E-state index in [0.29, 0.717) is 0 Å². The lowest BCUT2D eigenvalue weighted by molar-refractivity contribution is 0.150. The van der Waals surface area contributed by atoms with Gasteiger partial charge in [-0.15, -0.1) is 0 Å². The summed E-state index contributed by atoms with van der Waals surface area (Å²) in [5.74, 6) is 2.99. The molecule has 2 fully saturated rings. The Hall–Kier alpha value is -0.0400. The molecule has 1 saturated carbocycles. The zero-order chi connectivity index (χ0) is 7.56. The molecule has 60 valence electrons. The number of hydrogen-bond donors (Lipinski definition) is 0. The summed E-state index contributed by atoms with van der Waals surface area (Å²) < 4.78 is 5.24. The topological polar surface area (TPSA) is 9.23 Å². The van der Waals surface area contributed by atoms with Gasteiger partial charge in [-0.05, 0) is 17.8 Å². The van der Waals surface area contributed by atoms with Gasteiger partial charge >= 0.3 is 0 Å². The molecule has 10 heavy (non-hydrogen) atoms. The third kappa shape index (κ3) is 1.20. The van der Waals surface area contributed by atoms with Crippen LogP contribution in [0.5, 0.6) is 0 Å². The maximum atomic E-state index is 5.24. The first-order valence-corrected chi connectivity index (χ1v) is 4.51. The van der Waals surface area contributed by atoms with Gasteiger partial charge in [-0.25, -0.2) is 0 Å². The lowest BCUT2D eigenvalue weighted by atomic mass is 10.2. The van der Waals surface area contributed by atoms with Gasteiger partial charge in [0, 0.05) is 0 Å². The molecule has 1 heteroatoms. The molecule has 0 amide bonds. The third-order valence-corrected chi connectivity index (χ3v) is 2.60. The molecule has 0 aromatic carbocycles. The Labute approximate surface area is 63.8 Å². The maximum absolute atomic E-state index is 5.24. The zero-order valence-electron chi connectivity index (χ0n) is 7.26. The van der Waals surface area contributed by atoms with E-state index in [4.69, 9.17) is 4.74 Å². The minimum absolute atomic E-state index is 0.972. The van der Waals surface area contributed by atoms with Gasteiger partial charge in [-0.3, -0.25) is 0 Å². The fourth-order valence-electron chi connectivity index (χ4n) is 1.96. The summed E-state index contributed by atoms with van der Waals surface area (Å²) >= 11 is 0. The minimum atomic E-state index is 0.972. The van der Waals surface area contributed by atoms with E-state index in [-0.39, 0.29) is 0 Å². The predicted molar refractivity (Wildman–Crippen MR) is 42.9 cm³/mol. The fraction of sp³-hybridized carbons (Fsp3) is 1.00. The van der Waals surface area contributed by atoms with Gasteiger partial charge in [0.05, 0.1) is 13.2 Å². The van der Waals surface area contributed by atoms with Crippen molar-refractivity contribution in [3.63, 3.8) is 0 Å². The first-order valence-electron chi connectivity index (χ1n) is 4.51. The fourth-order valence-corrected chi connectivity index (χ4v) is 1.96. The van der Waals surface area contributed by atoms with E-state index in [1.54, 1.807) is 0 Å². The summed E-state index contributed by atoms with van der Waals surface area (Å²) in [6.45, 7) is 8.40. The summed E-state index contributed by atoms with van der Waals surface area (Å²) in [7, 11) is 0. The molecule has 0 N–H and O–H groups in total. The average Bonchev–Trinajstić information content (AvgIpc) is 2.45. The molecule has 1 aliphatic carbocycles. The smallest absolute Gasteiger partial charge is 0.0500 e. The molecule has 1 heterocycles. The van der Waals surface area contributed by atoms with Crippen LogP contribution in [-0.4, -0.2) is 13.2 Å². The van der Waals surface area contributed by atoms with E-state index in [2.05, 4.69) is 6.92 Å². The molecule has 2 unspecified atom stereocenters. The van der Waals surface area contributed by atoms with Crippen molar-refractivity contribution in [2.75, 3.05) is 13.2 Å². The highest BCUT2D eigenvalue weighted by atomic mass is 16.5. The summed E-state index contributed by atoms with van der Waals surface area (Å²) in [5.41, 5.74) is 0. The van der Waals surface area contributed by atoms with Gasteiger partial charge in [-0.2, -0.15) is 0 Å². The van der Waals surface area contributed by atoms with Crippen LogP contribution in [0.4, 0.5) is 0 Å². The molecule has 1 aliphatic heterocycles. The van der Waals surface area contributed by atoms with E-state index >= 15 is 0 Å². The first-order chi connectivity index (χ1) is 4.93. The molecule has 0 spiro atoms. The van der Waals surface area contributed by atoms with E-state index in [0.717, 1.165) is 31.0 Å². The average molecular weight is 142 g/mol. The highest BCUT2D eigenvalue weighted by Gasteiger charge is 2.52. The SMILES string of the molecule is CC.CCC1C2COCC12. The van der Waals surface area contributed by atoms with Crippen molar-refractivity contribution in [2.24, 2.45) is 17.8 Å². The van der Waals surface area contributed by atoms with Crippen LogP contribution in [0.3, 0.4) is 0 Å². The molecule has 2 aliphatic rings. The van der Waals surface area contributed by atoms with Gasteiger partial charge in [-0.1, -0.05) is 27.2 Å². The van der Waals surface area contributed by atoms with Gasteiger partial charge < -0.3 is 4.74 Å². The molecule has 2 atom stereocenters. The number of fused-ring (bicyclic) bond motifs is 1. The Morgan fingerprint density at radius 1 is 1.20 bits per heavy atom. The van der Waals surface area contributed by atoms with Crippen molar-refractivity contribution in [2.45, 2.75) is 27.2 Å². The second kappa shape index (κ2) is 3.38. The summed E-state index contributed by atoms with van der Waals surface area (Å²) in [4.78, 5) is 0. The third-order valence-electron chi connectivity index (χ3n) is 2.60. The summed E-state index contributed by atoms with van der Waals surface area (Å²) in [6, 6.07) is 0. The number of rotatable bonds is 1. The molecule has 1 nitrogen and oxygen atoms in total. The van der Waals surface area contributed by atoms with E-state index in [9.17, 15) is 0 Å². The normalized spacial score (nSPS) is 41.7. The van der Waals surface area contributed by atoms with Gasteiger partial charge in [0.1, 0.15) is 0 Å². The van der Waals surface area contributed by atoms with E-state index in [1.807, 2.05) is 13.8 Å². The van der Waals surface area contributed by atoms with Crippen LogP contribution in [0.15, 0.2) is 0 Å². The Bertz CT molecular complexity index is 84.1. The summed E-state index contributed by atoms with van der Waals surface area (Å²) in [6.07, 6.45) is 1.37. The van der Waals surface area contributed by atoms with Gasteiger partial charge in [0.25, 0.3) is 0 Å². The van der Waals surface area contributed by atoms with Crippen molar-refractivity contribution in [3.05, 3.63) is 0 Å². The van der Waals surface area contributed by atoms with Crippen molar-refractivity contribution >= 4 is 0 Å². The molecule has 0 radical (unpaired) electrons. The first kappa shape index (κ1) is 8.06. The van der Waals surface area contributed by atoms with Crippen LogP contribution in [0, 0.1) is 17.8 Å². The quantitative estimate of drug-likeness (QED) is 0.546. The Balaban J connectivity index is 0.000000231. The van der Waals surface area contributed by atoms with Crippen LogP contribution < -0.4 is 0 Å². The molecule has 2 rings (SSSR count). The number of hydrogen-bond acceptors (Lipinski definition) is 1. The van der Waals surface area contributed by atoms with Crippen LogP contribution in [-0.2, 0) is 4.74 Å².